The Morgan fingerprint density at radius 1 is 1.40 bits per heavy atom. The van der Waals surface area contributed by atoms with Crippen LogP contribution < -0.4 is 4.72 Å². The number of hydrogen-bond donors (Lipinski definition) is 2. The van der Waals surface area contributed by atoms with Crippen LogP contribution in [0.4, 0.5) is 13.2 Å². The maximum Gasteiger partial charge on any atom is 0.417 e. The molecule has 20 heavy (non-hydrogen) atoms. The third-order valence-corrected chi connectivity index (χ3v) is 4.06. The second kappa shape index (κ2) is 5.58. The lowest BCUT2D eigenvalue weighted by atomic mass is 10.2. The molecular weight excluding hydrogens is 323 g/mol. The van der Waals surface area contributed by atoms with Gasteiger partial charge in [-0.15, -0.1) is 0 Å². The van der Waals surface area contributed by atoms with Gasteiger partial charge in [-0.1, -0.05) is 11.6 Å². The van der Waals surface area contributed by atoms with Gasteiger partial charge in [0.05, 0.1) is 10.5 Å². The SMILES string of the molecule is C[C@H](NS(=O)(=O)c1cc(Cl)ccc1C(F)(F)F)C(=O)O. The minimum Gasteiger partial charge on any atom is -0.480 e. The normalized spacial score (nSPS) is 14.1. The Balaban J connectivity index is 3.38. The molecule has 0 heterocycles. The fourth-order valence-electron chi connectivity index (χ4n) is 1.30. The van der Waals surface area contributed by atoms with E-state index in [1.54, 1.807) is 4.72 Å². The molecule has 0 radical (unpaired) electrons. The Bertz CT molecular complexity index is 630. The molecule has 0 aliphatic heterocycles. The molecule has 0 fully saturated rings. The summed E-state index contributed by atoms with van der Waals surface area (Å²) >= 11 is 5.50. The summed E-state index contributed by atoms with van der Waals surface area (Å²) in [6.07, 6.45) is -4.92. The number of nitrogens with one attached hydrogen (secondary N) is 1. The topological polar surface area (TPSA) is 83.5 Å². The van der Waals surface area contributed by atoms with Gasteiger partial charge >= 0.3 is 12.1 Å². The third kappa shape index (κ3) is 3.84. The van der Waals surface area contributed by atoms with Crippen molar-refractivity contribution in [3.8, 4) is 0 Å². The average molecular weight is 332 g/mol. The van der Waals surface area contributed by atoms with Crippen LogP contribution in [0.25, 0.3) is 0 Å². The second-order valence-corrected chi connectivity index (χ2v) is 5.94. The van der Waals surface area contributed by atoms with E-state index >= 15 is 0 Å². The van der Waals surface area contributed by atoms with Crippen LogP contribution in [0.15, 0.2) is 23.1 Å². The highest BCUT2D eigenvalue weighted by molar-refractivity contribution is 7.89. The van der Waals surface area contributed by atoms with Crippen LogP contribution in [0.5, 0.6) is 0 Å². The van der Waals surface area contributed by atoms with Crippen LogP contribution in [-0.2, 0) is 21.0 Å². The highest BCUT2D eigenvalue weighted by Gasteiger charge is 2.38. The summed E-state index contributed by atoms with van der Waals surface area (Å²) in [5, 5.41) is 8.38. The van der Waals surface area contributed by atoms with Crippen molar-refractivity contribution >= 4 is 27.6 Å². The van der Waals surface area contributed by atoms with E-state index in [0.29, 0.717) is 12.1 Å². The summed E-state index contributed by atoms with van der Waals surface area (Å²) in [5.41, 5.74) is -1.42. The van der Waals surface area contributed by atoms with Gasteiger partial charge in [0, 0.05) is 5.02 Å². The number of carboxylic acid groups (broad SMARTS) is 1. The van der Waals surface area contributed by atoms with E-state index in [1.165, 1.54) is 0 Å². The van der Waals surface area contributed by atoms with Crippen LogP contribution in [0.1, 0.15) is 12.5 Å². The number of aliphatic carboxylic acids is 1. The number of carbonyl (C=O) groups is 1. The standard InChI is InChI=1S/C10H9ClF3NO4S/c1-5(9(16)17)15-20(18,19)8-4-6(11)2-3-7(8)10(12,13)14/h2-5,15H,1H3,(H,16,17)/t5-/m0/s1. The lowest BCUT2D eigenvalue weighted by Gasteiger charge is -2.15. The summed E-state index contributed by atoms with van der Waals surface area (Å²) < 4.78 is 63.6. The number of alkyl halides is 3. The lowest BCUT2D eigenvalue weighted by molar-refractivity contribution is -0.140. The van der Waals surface area contributed by atoms with Crippen LogP contribution in [0.3, 0.4) is 0 Å². The number of halogens is 4. The van der Waals surface area contributed by atoms with E-state index in [4.69, 9.17) is 16.7 Å². The Labute approximate surface area is 117 Å². The number of sulfonamides is 1. The van der Waals surface area contributed by atoms with Gasteiger partial charge in [0.25, 0.3) is 0 Å². The summed E-state index contributed by atoms with van der Waals surface area (Å²) in [5.74, 6) is -1.52. The van der Waals surface area contributed by atoms with Gasteiger partial charge in [-0.25, -0.2) is 8.42 Å². The van der Waals surface area contributed by atoms with Gasteiger partial charge in [-0.2, -0.15) is 17.9 Å². The summed E-state index contributed by atoms with van der Waals surface area (Å²) in [4.78, 5) is 9.46. The predicted octanol–water partition coefficient (Wildman–Crippen LogP) is 2.11. The molecular formula is C10H9ClF3NO4S. The monoisotopic (exact) mass is 331 g/mol. The van der Waals surface area contributed by atoms with Gasteiger partial charge in [-0.05, 0) is 25.1 Å². The Hall–Kier alpha value is -1.32. The van der Waals surface area contributed by atoms with Crippen molar-refractivity contribution in [1.82, 2.24) is 4.72 Å². The molecule has 5 nitrogen and oxygen atoms in total. The van der Waals surface area contributed by atoms with Crippen molar-refractivity contribution in [3.63, 3.8) is 0 Å². The zero-order chi connectivity index (χ0) is 15.7. The van der Waals surface area contributed by atoms with E-state index in [0.717, 1.165) is 13.0 Å². The van der Waals surface area contributed by atoms with Crippen LogP contribution in [-0.4, -0.2) is 25.5 Å². The third-order valence-electron chi connectivity index (χ3n) is 2.24. The molecule has 0 aliphatic carbocycles. The number of carboxylic acids is 1. The molecule has 2 N–H and O–H groups in total. The zero-order valence-electron chi connectivity index (χ0n) is 9.90. The van der Waals surface area contributed by atoms with Crippen LogP contribution in [0.2, 0.25) is 5.02 Å². The van der Waals surface area contributed by atoms with Gasteiger partial charge in [0.15, 0.2) is 0 Å². The number of benzene rings is 1. The van der Waals surface area contributed by atoms with Gasteiger partial charge in [0.2, 0.25) is 10.0 Å². The molecule has 10 heteroatoms. The molecule has 0 amide bonds. The van der Waals surface area contributed by atoms with Crippen LogP contribution in [0, 0.1) is 0 Å². The fraction of sp³-hybridized carbons (Fsp3) is 0.300. The van der Waals surface area contributed by atoms with E-state index in [1.807, 2.05) is 0 Å². The first kappa shape index (κ1) is 16.7. The quantitative estimate of drug-likeness (QED) is 0.885. The molecule has 0 aliphatic rings. The first-order valence-electron chi connectivity index (χ1n) is 5.07. The van der Waals surface area contributed by atoms with Crippen molar-refractivity contribution in [3.05, 3.63) is 28.8 Å². The molecule has 0 saturated carbocycles. The zero-order valence-corrected chi connectivity index (χ0v) is 11.5. The molecule has 0 unspecified atom stereocenters. The van der Waals surface area contributed by atoms with Crippen molar-refractivity contribution in [2.75, 3.05) is 0 Å². The average Bonchev–Trinajstić information content (AvgIpc) is 2.26. The smallest absolute Gasteiger partial charge is 0.417 e. The largest absolute Gasteiger partial charge is 0.480 e. The molecule has 0 bridgehead atoms. The van der Waals surface area contributed by atoms with Crippen molar-refractivity contribution in [2.45, 2.75) is 24.0 Å². The first-order chi connectivity index (χ1) is 8.95. The molecule has 1 aromatic rings. The highest BCUT2D eigenvalue weighted by Crippen LogP contribution is 2.35. The fourth-order valence-corrected chi connectivity index (χ4v) is 2.98. The highest BCUT2D eigenvalue weighted by atomic mass is 35.5. The van der Waals surface area contributed by atoms with Crippen LogP contribution >= 0.6 is 11.6 Å². The molecule has 1 atom stereocenters. The second-order valence-electron chi connectivity index (χ2n) is 3.82. The Kier molecular flexibility index (Phi) is 4.67. The van der Waals surface area contributed by atoms with E-state index < -0.39 is 38.7 Å². The van der Waals surface area contributed by atoms with E-state index in [2.05, 4.69) is 0 Å². The van der Waals surface area contributed by atoms with Gasteiger partial charge in [-0.3, -0.25) is 4.79 Å². The number of hydrogen-bond acceptors (Lipinski definition) is 3. The van der Waals surface area contributed by atoms with Crippen molar-refractivity contribution in [2.24, 2.45) is 0 Å². The molecule has 1 rings (SSSR count). The maximum absolute atomic E-state index is 12.8. The van der Waals surface area contributed by atoms with Crippen molar-refractivity contribution in [1.29, 1.82) is 0 Å². The molecule has 0 saturated heterocycles. The maximum atomic E-state index is 12.8. The Morgan fingerprint density at radius 2 is 1.95 bits per heavy atom. The summed E-state index contributed by atoms with van der Waals surface area (Å²) in [7, 11) is -4.68. The van der Waals surface area contributed by atoms with Crippen molar-refractivity contribution < 1.29 is 31.5 Å². The van der Waals surface area contributed by atoms with E-state index in [9.17, 15) is 26.4 Å². The minimum absolute atomic E-state index is 0.221. The summed E-state index contributed by atoms with van der Waals surface area (Å²) in [6, 6.07) is 0.438. The molecule has 112 valence electrons. The first-order valence-corrected chi connectivity index (χ1v) is 6.93. The Morgan fingerprint density at radius 3 is 2.40 bits per heavy atom. The summed E-state index contributed by atoms with van der Waals surface area (Å²) in [6.45, 7) is 0.984. The predicted molar refractivity (Wildman–Crippen MR) is 63.9 cm³/mol. The van der Waals surface area contributed by atoms with E-state index in [-0.39, 0.29) is 5.02 Å². The minimum atomic E-state index is -4.92. The number of rotatable bonds is 4. The molecule has 1 aromatic carbocycles. The van der Waals surface area contributed by atoms with Gasteiger partial charge in [0.1, 0.15) is 6.04 Å². The van der Waals surface area contributed by atoms with Gasteiger partial charge < -0.3 is 5.11 Å². The molecule has 0 aromatic heterocycles. The lowest BCUT2D eigenvalue weighted by Crippen LogP contribution is -2.39. The molecule has 0 spiro atoms.